The molecule has 0 saturated carbocycles. The van der Waals surface area contributed by atoms with Crippen LogP contribution in [-0.2, 0) is 13.3 Å². The summed E-state index contributed by atoms with van der Waals surface area (Å²) in [6.07, 6.45) is 8.12. The second-order valence-corrected chi connectivity index (χ2v) is 24.7. The van der Waals surface area contributed by atoms with Crippen LogP contribution in [0.2, 0.25) is 19.6 Å². The van der Waals surface area contributed by atoms with Crippen molar-refractivity contribution in [2.24, 2.45) is 0 Å². The fourth-order valence-corrected chi connectivity index (χ4v) is 7.78. The Bertz CT molecular complexity index is 2230. The second kappa shape index (κ2) is 30.7. The molecule has 11 heteroatoms. The van der Waals surface area contributed by atoms with Crippen molar-refractivity contribution in [1.82, 2.24) is 0 Å². The van der Waals surface area contributed by atoms with E-state index in [1.54, 1.807) is 24.3 Å². The Morgan fingerprint density at radius 1 is 0.667 bits per heavy atom. The number of halogens is 1. The van der Waals surface area contributed by atoms with Crippen molar-refractivity contribution >= 4 is 54.6 Å². The molecular weight excluding hydrogens is 884 g/mol. The maximum Gasteiger partial charge on any atom is 0.184 e. The molecule has 1 fully saturated rings. The monoisotopic (exact) mass is 950 g/mol. The summed E-state index contributed by atoms with van der Waals surface area (Å²) in [6.45, 7) is 11.1. The van der Waals surface area contributed by atoms with E-state index < -0.39 is 31.0 Å². The molecule has 8 nitrogen and oxygen atoms in total. The Hall–Kier alpha value is -5.43. The van der Waals surface area contributed by atoms with Gasteiger partial charge in [0.1, 0.15) is 12.0 Å². The lowest BCUT2D eigenvalue weighted by Crippen LogP contribution is -2.29. The number of Topliss-reactive ketones (excluding diaryl/α,β-unsaturated/α-hetero) is 2. The molecule has 1 saturated heterocycles. The average molecular weight is 952 g/mol. The third kappa shape index (κ3) is 24.2. The lowest BCUT2D eigenvalue weighted by atomic mass is 10.0. The number of carbonyl (C=O) groups is 3. The Morgan fingerprint density at radius 3 is 1.41 bits per heavy atom. The zero-order valence-electron chi connectivity index (χ0n) is 39.0. The molecule has 0 aliphatic carbocycles. The van der Waals surface area contributed by atoms with Crippen LogP contribution in [-0.4, -0.2) is 68.0 Å². The first-order chi connectivity index (χ1) is 31.0. The van der Waals surface area contributed by atoms with E-state index >= 15 is 0 Å². The molecule has 0 aromatic heterocycles. The summed E-state index contributed by atoms with van der Waals surface area (Å²) in [7, 11) is -2.69. The van der Waals surface area contributed by atoms with E-state index in [0.717, 1.165) is 59.3 Å². The maximum atomic E-state index is 12.4. The predicted molar refractivity (Wildman–Crippen MR) is 278 cm³/mol. The lowest BCUT2D eigenvalue weighted by Gasteiger charge is -2.27. The Morgan fingerprint density at radius 2 is 1.06 bits per heavy atom. The minimum atomic E-state index is -1.72. The molecule has 7 rings (SSSR count). The second-order valence-electron chi connectivity index (χ2n) is 16.6. The number of hydrogen-bond acceptors (Lipinski definition) is 8. The third-order valence-corrected chi connectivity index (χ3v) is 10.8. The molecule has 1 aliphatic rings. The molecule has 0 amide bonds. The van der Waals surface area contributed by atoms with Crippen LogP contribution in [0.15, 0.2) is 189 Å². The van der Waals surface area contributed by atoms with Crippen molar-refractivity contribution in [3.05, 3.63) is 222 Å². The first kappa shape index (κ1) is 56.7. The number of ether oxygens (including phenoxy) is 1. The summed E-state index contributed by atoms with van der Waals surface area (Å²) < 4.78 is 16.7. The van der Waals surface area contributed by atoms with Crippen molar-refractivity contribution in [3.63, 3.8) is 0 Å². The van der Waals surface area contributed by atoms with Crippen molar-refractivity contribution in [3.8, 4) is 0 Å². The van der Waals surface area contributed by atoms with Gasteiger partial charge in [-0.2, -0.15) is 0 Å². The first-order valence-corrected chi connectivity index (χ1v) is 27.8. The predicted octanol–water partition coefficient (Wildman–Crippen LogP) is 13.2. The Balaban J connectivity index is 0.000000299. The zero-order chi connectivity index (χ0) is 47.5. The van der Waals surface area contributed by atoms with E-state index in [1.165, 1.54) is 0 Å². The topological polar surface area (TPSA) is 119 Å². The molecule has 6 aromatic carbocycles. The molecule has 0 bridgehead atoms. The number of hydrogen-bond donors (Lipinski definition) is 2. The highest BCUT2D eigenvalue weighted by Gasteiger charge is 2.25. The van der Waals surface area contributed by atoms with E-state index in [9.17, 15) is 19.5 Å². The van der Waals surface area contributed by atoms with Crippen molar-refractivity contribution in [2.75, 3.05) is 25.4 Å². The van der Waals surface area contributed by atoms with Gasteiger partial charge >= 0.3 is 0 Å². The molecule has 3 atom stereocenters. The molecule has 2 N–H and O–H groups in total. The van der Waals surface area contributed by atoms with Crippen LogP contribution in [0.25, 0.3) is 5.76 Å². The summed E-state index contributed by atoms with van der Waals surface area (Å²) in [5, 5.41) is 18.4. The van der Waals surface area contributed by atoms with Crippen LogP contribution in [0.3, 0.4) is 0 Å². The normalized spacial score (nSPS) is 13.8. The van der Waals surface area contributed by atoms with E-state index in [4.69, 9.17) is 18.5 Å². The highest BCUT2D eigenvalue weighted by Crippen LogP contribution is 2.41. The van der Waals surface area contributed by atoms with Gasteiger partial charge in [-0.3, -0.25) is 14.4 Å². The average Bonchev–Trinajstić information content (AvgIpc) is 3.81. The molecule has 1 aliphatic heterocycles. The summed E-state index contributed by atoms with van der Waals surface area (Å²) in [5.41, 5.74) is 5.03. The number of rotatable bonds is 14. The zero-order valence-corrected chi connectivity index (χ0v) is 41.7. The van der Waals surface area contributed by atoms with Gasteiger partial charge in [0.15, 0.2) is 26.2 Å². The highest BCUT2D eigenvalue weighted by atomic mass is 35.5. The summed E-state index contributed by atoms with van der Waals surface area (Å²) in [4.78, 5) is 34.3. The van der Waals surface area contributed by atoms with E-state index in [2.05, 4.69) is 45.0 Å². The number of aliphatic hydroxyl groups is 2. The smallest absolute Gasteiger partial charge is 0.184 e. The molecular formula is C55H67ClO8SSi. The number of aldehydes is 1. The maximum absolute atomic E-state index is 12.4. The fourth-order valence-electron chi connectivity index (χ4n) is 6.01. The molecule has 0 spiro atoms. The van der Waals surface area contributed by atoms with Gasteiger partial charge in [-0.15, -0.1) is 22.7 Å². The Kier molecular flexibility index (Phi) is 26.4. The number of carbonyl (C=O) groups excluding carboxylic acids is 3. The van der Waals surface area contributed by atoms with Crippen LogP contribution in [0.1, 0.15) is 85.7 Å². The summed E-state index contributed by atoms with van der Waals surface area (Å²) in [5.74, 6) is 0.854. The van der Waals surface area contributed by atoms with E-state index in [-0.39, 0.29) is 36.5 Å². The molecule has 0 radical (unpaired) electrons. The van der Waals surface area contributed by atoms with Gasteiger partial charge in [-0.05, 0) is 56.0 Å². The molecule has 66 heavy (non-hydrogen) atoms. The number of benzene rings is 6. The minimum Gasteiger partial charge on any atom is -0.450 e. The summed E-state index contributed by atoms with van der Waals surface area (Å²) >= 11 is 0. The van der Waals surface area contributed by atoms with Crippen molar-refractivity contribution < 1.29 is 37.9 Å². The lowest BCUT2D eigenvalue weighted by molar-refractivity contribution is -0.0589. The highest BCUT2D eigenvalue weighted by molar-refractivity contribution is 8.28. The van der Waals surface area contributed by atoms with E-state index in [0.29, 0.717) is 12.0 Å². The number of ketones is 2. The van der Waals surface area contributed by atoms with Crippen LogP contribution >= 0.6 is 22.7 Å². The van der Waals surface area contributed by atoms with Crippen LogP contribution < -0.4 is 0 Å². The van der Waals surface area contributed by atoms with Crippen LogP contribution in [0, 0.1) is 0 Å². The molecule has 6 aromatic rings. The quantitative estimate of drug-likeness (QED) is 0.0479. The first-order valence-electron chi connectivity index (χ1n) is 21.6. The minimum absolute atomic E-state index is 0. The summed E-state index contributed by atoms with van der Waals surface area (Å²) in [6, 6.07) is 56.8. The largest absolute Gasteiger partial charge is 0.450 e. The fraction of sp³-hybridized carbons (Fsp3) is 0.255. The van der Waals surface area contributed by atoms with Gasteiger partial charge in [0.05, 0.1) is 12.2 Å². The van der Waals surface area contributed by atoms with Gasteiger partial charge in [-0.25, -0.2) is 0 Å². The van der Waals surface area contributed by atoms with Crippen LogP contribution in [0.4, 0.5) is 0 Å². The molecule has 1 heterocycles. The van der Waals surface area contributed by atoms with Crippen LogP contribution in [0.5, 0.6) is 0 Å². The third-order valence-electron chi connectivity index (χ3n) is 9.08. The molecule has 3 unspecified atom stereocenters. The molecule has 352 valence electrons. The van der Waals surface area contributed by atoms with Crippen molar-refractivity contribution in [2.45, 2.75) is 63.8 Å². The van der Waals surface area contributed by atoms with Gasteiger partial charge in [0, 0.05) is 48.1 Å². The Labute approximate surface area is 401 Å². The van der Waals surface area contributed by atoms with Crippen molar-refractivity contribution in [1.29, 1.82) is 0 Å². The van der Waals surface area contributed by atoms with Gasteiger partial charge in [-0.1, -0.05) is 189 Å². The van der Waals surface area contributed by atoms with Gasteiger partial charge in [0.25, 0.3) is 0 Å². The van der Waals surface area contributed by atoms with Gasteiger partial charge in [0.2, 0.25) is 0 Å². The SMILES string of the molecule is C=C(OS(C)(C)C)c1ccccc1.C[Si](C)(C)OC(CC(=O)c1ccccc1)c1ccccc1.Cl.O=C(CC(O)c1ccccc1)c1ccccc1.O=Cc1ccccc1.OC1CCCO1. The standard InChI is InChI=1S/C18H22O2Si.C15H14O2.C11H16OS.C7H6O.C4H8O2.ClH/c1-21(2,3)20-18(16-12-8-5-9-13-16)14-17(19)15-10-6-4-7-11-15;16-14(12-7-3-1-4-8-12)11-15(17)13-9-5-2-6-10-13;1-10(12-13(2,3)4)11-8-6-5-7-9-11;8-6-7-4-2-1-3-5-7;5-4-2-1-3-6-4;/h4-13,18H,14H2,1-3H3;1-10,14,16H,11H2;5-9H,1H2,2-4H3;1-6H;4-5H,1-3H2;1H. The number of aliphatic hydroxyl groups excluding tert-OH is 2. The van der Waals surface area contributed by atoms with Gasteiger partial charge < -0.3 is 23.6 Å². The van der Waals surface area contributed by atoms with E-state index in [1.807, 2.05) is 158 Å².